The molecule has 2 aliphatic heterocycles. The zero-order valence-corrected chi connectivity index (χ0v) is 15.3. The molecule has 136 valence electrons. The van der Waals surface area contributed by atoms with Crippen LogP contribution in [0.3, 0.4) is 0 Å². The summed E-state index contributed by atoms with van der Waals surface area (Å²) in [5.41, 5.74) is 0.998. The van der Waals surface area contributed by atoms with E-state index in [9.17, 15) is 4.79 Å². The molecule has 0 unspecified atom stereocenters. The van der Waals surface area contributed by atoms with Gasteiger partial charge in [-0.3, -0.25) is 4.79 Å². The van der Waals surface area contributed by atoms with Crippen LogP contribution in [0, 0.1) is 5.92 Å². The van der Waals surface area contributed by atoms with Gasteiger partial charge in [0.25, 0.3) is 0 Å². The molecule has 1 atom stereocenters. The van der Waals surface area contributed by atoms with Crippen LogP contribution < -0.4 is 0 Å². The lowest BCUT2D eigenvalue weighted by Crippen LogP contribution is -2.67. The fraction of sp³-hybridized carbons (Fsp3) is 0.650. The minimum atomic E-state index is -0.150. The van der Waals surface area contributed by atoms with Crippen molar-refractivity contribution in [3.63, 3.8) is 0 Å². The number of benzene rings is 1. The Balaban J connectivity index is 1.21. The maximum atomic E-state index is 12.4. The van der Waals surface area contributed by atoms with Gasteiger partial charge in [-0.15, -0.1) is 0 Å². The highest BCUT2D eigenvalue weighted by Gasteiger charge is 2.49. The summed E-state index contributed by atoms with van der Waals surface area (Å²) in [6.07, 6.45) is 6.17. The summed E-state index contributed by atoms with van der Waals surface area (Å²) in [5.74, 6) is 1.01. The monoisotopic (exact) mass is 363 g/mol. The molecule has 4 rings (SSSR count). The summed E-state index contributed by atoms with van der Waals surface area (Å²) in [7, 11) is 0. The molecule has 3 fully saturated rings. The van der Waals surface area contributed by atoms with Crippen molar-refractivity contribution in [1.82, 2.24) is 4.90 Å². The molecule has 1 aromatic rings. The molecule has 5 heteroatoms. The van der Waals surface area contributed by atoms with Gasteiger partial charge in [-0.1, -0.05) is 23.7 Å². The fourth-order valence-corrected chi connectivity index (χ4v) is 3.91. The molecular formula is C20H26ClNO3. The van der Waals surface area contributed by atoms with Crippen molar-refractivity contribution in [2.24, 2.45) is 5.92 Å². The van der Waals surface area contributed by atoms with Gasteiger partial charge in [0, 0.05) is 31.1 Å². The minimum absolute atomic E-state index is 0.150. The summed E-state index contributed by atoms with van der Waals surface area (Å²) in [4.78, 5) is 14.3. The Morgan fingerprint density at radius 1 is 1.24 bits per heavy atom. The van der Waals surface area contributed by atoms with Crippen LogP contribution >= 0.6 is 11.6 Å². The van der Waals surface area contributed by atoms with Gasteiger partial charge in [0.1, 0.15) is 5.60 Å². The zero-order valence-electron chi connectivity index (χ0n) is 14.6. The van der Waals surface area contributed by atoms with Gasteiger partial charge in [-0.25, -0.2) is 0 Å². The maximum absolute atomic E-state index is 12.4. The van der Waals surface area contributed by atoms with Crippen LogP contribution in [-0.4, -0.2) is 48.8 Å². The number of likely N-dealkylation sites (tertiary alicyclic amines) is 1. The van der Waals surface area contributed by atoms with Crippen molar-refractivity contribution in [3.8, 4) is 0 Å². The van der Waals surface area contributed by atoms with Crippen molar-refractivity contribution in [2.45, 2.75) is 50.2 Å². The van der Waals surface area contributed by atoms with E-state index in [1.165, 1.54) is 12.8 Å². The first-order valence-electron chi connectivity index (χ1n) is 9.40. The predicted octanol–water partition coefficient (Wildman–Crippen LogP) is 3.46. The van der Waals surface area contributed by atoms with E-state index in [1.54, 1.807) is 0 Å². The lowest BCUT2D eigenvalue weighted by atomic mass is 9.84. The highest BCUT2D eigenvalue weighted by molar-refractivity contribution is 6.30. The molecule has 1 amide bonds. The molecule has 1 aliphatic carbocycles. The molecule has 25 heavy (non-hydrogen) atoms. The average molecular weight is 364 g/mol. The molecule has 0 N–H and O–H groups in total. The van der Waals surface area contributed by atoms with Crippen LogP contribution in [0.25, 0.3) is 0 Å². The summed E-state index contributed by atoms with van der Waals surface area (Å²) < 4.78 is 12.1. The van der Waals surface area contributed by atoms with Crippen LogP contribution in [0.1, 0.15) is 37.7 Å². The van der Waals surface area contributed by atoms with Crippen LogP contribution in [0.4, 0.5) is 0 Å². The van der Waals surface area contributed by atoms with Gasteiger partial charge in [-0.05, 0) is 49.3 Å². The number of rotatable bonds is 6. The van der Waals surface area contributed by atoms with E-state index < -0.39 is 0 Å². The number of aryl methyl sites for hydroxylation is 1. The summed E-state index contributed by atoms with van der Waals surface area (Å²) in [6.45, 7) is 3.10. The van der Waals surface area contributed by atoms with E-state index in [4.69, 9.17) is 21.1 Å². The predicted molar refractivity (Wildman–Crippen MR) is 96.7 cm³/mol. The third kappa shape index (κ3) is 4.36. The van der Waals surface area contributed by atoms with Gasteiger partial charge in [0.2, 0.25) is 5.91 Å². The normalized spacial score (nSPS) is 25.0. The van der Waals surface area contributed by atoms with Gasteiger partial charge in [0.15, 0.2) is 0 Å². The van der Waals surface area contributed by atoms with Gasteiger partial charge >= 0.3 is 0 Å². The molecule has 0 aromatic heterocycles. The van der Waals surface area contributed by atoms with E-state index in [0.29, 0.717) is 12.5 Å². The summed E-state index contributed by atoms with van der Waals surface area (Å²) >= 11 is 5.89. The van der Waals surface area contributed by atoms with Crippen molar-refractivity contribution >= 4 is 17.5 Å². The van der Waals surface area contributed by atoms with Crippen LogP contribution in [0.5, 0.6) is 0 Å². The van der Waals surface area contributed by atoms with Gasteiger partial charge in [0.05, 0.1) is 19.2 Å². The number of hydrogen-bond donors (Lipinski definition) is 0. The topological polar surface area (TPSA) is 38.8 Å². The Hall–Kier alpha value is -1.10. The molecule has 1 saturated carbocycles. The molecule has 0 radical (unpaired) electrons. The van der Waals surface area contributed by atoms with E-state index in [-0.39, 0.29) is 11.5 Å². The number of ether oxygens (including phenoxy) is 2. The Labute approximate surface area is 154 Å². The molecule has 1 spiro atoms. The highest BCUT2D eigenvalue weighted by atomic mass is 35.5. The van der Waals surface area contributed by atoms with Crippen molar-refractivity contribution in [2.75, 3.05) is 26.3 Å². The van der Waals surface area contributed by atoms with Gasteiger partial charge < -0.3 is 14.4 Å². The SMILES string of the molecule is O=C(CCc1ccc(Cl)cc1)N1CC2(C[C@@H](OCC3CC3)CCO2)C1. The quantitative estimate of drug-likeness (QED) is 0.777. The first-order valence-corrected chi connectivity index (χ1v) is 9.77. The standard InChI is InChI=1S/C20H26ClNO3/c21-17-6-3-15(4-7-17)5-8-19(23)22-13-20(14-22)11-18(9-10-25-20)24-12-16-1-2-16/h3-4,6-7,16,18H,1-2,5,8-14H2/t18-/m0/s1. The maximum Gasteiger partial charge on any atom is 0.223 e. The first kappa shape index (κ1) is 17.3. The van der Waals surface area contributed by atoms with Gasteiger partial charge in [-0.2, -0.15) is 0 Å². The van der Waals surface area contributed by atoms with Crippen LogP contribution in [0.2, 0.25) is 5.02 Å². The zero-order chi connectivity index (χ0) is 17.3. The second-order valence-corrected chi connectivity index (χ2v) is 8.24. The summed E-state index contributed by atoms with van der Waals surface area (Å²) in [5, 5.41) is 0.729. The molecule has 0 bridgehead atoms. The molecule has 1 aromatic carbocycles. The number of carbonyl (C=O) groups excluding carboxylic acids is 1. The first-order chi connectivity index (χ1) is 12.1. The number of carbonyl (C=O) groups is 1. The Bertz CT molecular complexity index is 608. The second kappa shape index (κ2) is 7.26. The number of hydrogen-bond acceptors (Lipinski definition) is 3. The van der Waals surface area contributed by atoms with Crippen molar-refractivity contribution in [1.29, 1.82) is 0 Å². The van der Waals surface area contributed by atoms with E-state index in [1.807, 2.05) is 29.2 Å². The Morgan fingerprint density at radius 3 is 2.72 bits per heavy atom. The smallest absolute Gasteiger partial charge is 0.223 e. The highest BCUT2D eigenvalue weighted by Crippen LogP contribution is 2.37. The molecule has 2 saturated heterocycles. The summed E-state index contributed by atoms with van der Waals surface area (Å²) in [6, 6.07) is 7.72. The van der Waals surface area contributed by atoms with Crippen molar-refractivity contribution < 1.29 is 14.3 Å². The molecule has 4 nitrogen and oxygen atoms in total. The third-order valence-corrected chi connectivity index (χ3v) is 5.82. The Kier molecular flexibility index (Phi) is 5.03. The average Bonchev–Trinajstić information content (AvgIpc) is 3.42. The number of amides is 1. The molecule has 3 aliphatic rings. The second-order valence-electron chi connectivity index (χ2n) is 7.80. The van der Waals surface area contributed by atoms with Crippen molar-refractivity contribution in [3.05, 3.63) is 34.9 Å². The van der Waals surface area contributed by atoms with E-state index in [0.717, 1.165) is 62.1 Å². The lowest BCUT2D eigenvalue weighted by Gasteiger charge is -2.53. The van der Waals surface area contributed by atoms with Crippen LogP contribution in [-0.2, 0) is 20.7 Å². The Morgan fingerprint density at radius 2 is 2.00 bits per heavy atom. The van der Waals surface area contributed by atoms with Crippen LogP contribution in [0.15, 0.2) is 24.3 Å². The minimum Gasteiger partial charge on any atom is -0.378 e. The molecule has 2 heterocycles. The lowest BCUT2D eigenvalue weighted by molar-refractivity contribution is -0.201. The fourth-order valence-electron chi connectivity index (χ4n) is 3.79. The molecular weight excluding hydrogens is 338 g/mol. The van der Waals surface area contributed by atoms with E-state index >= 15 is 0 Å². The number of halogens is 1. The largest absolute Gasteiger partial charge is 0.378 e. The number of nitrogens with zero attached hydrogens (tertiary/aromatic N) is 1. The van der Waals surface area contributed by atoms with E-state index in [2.05, 4.69) is 0 Å². The third-order valence-electron chi connectivity index (χ3n) is 5.56.